The Morgan fingerprint density at radius 3 is 2.25 bits per heavy atom. The summed E-state index contributed by atoms with van der Waals surface area (Å²) in [6.45, 7) is 4.17. The molecule has 16 heavy (non-hydrogen) atoms. The summed E-state index contributed by atoms with van der Waals surface area (Å²) in [6.07, 6.45) is 0. The summed E-state index contributed by atoms with van der Waals surface area (Å²) < 4.78 is 5.54. The highest BCUT2D eigenvalue weighted by molar-refractivity contribution is 5.26. The summed E-state index contributed by atoms with van der Waals surface area (Å²) >= 11 is 0. The lowest BCUT2D eigenvalue weighted by Crippen LogP contribution is -1.96. The Morgan fingerprint density at radius 1 is 0.938 bits per heavy atom. The molecule has 2 aromatic rings. The van der Waals surface area contributed by atoms with Crippen molar-refractivity contribution in [1.29, 1.82) is 0 Å². The van der Waals surface area contributed by atoms with Gasteiger partial charge in [0.2, 0.25) is 5.88 Å². The number of hydrogen-bond acceptors (Lipinski definition) is 3. The normalized spacial score (nSPS) is 10.4. The Labute approximate surface area is 95.1 Å². The first-order valence-corrected chi connectivity index (χ1v) is 5.32. The molecule has 3 heteroatoms. The van der Waals surface area contributed by atoms with Crippen LogP contribution in [0.3, 0.4) is 0 Å². The summed E-state index contributed by atoms with van der Waals surface area (Å²) in [4.78, 5) is 0. The van der Waals surface area contributed by atoms with E-state index < -0.39 is 0 Å². The lowest BCUT2D eigenvalue weighted by atomic mass is 10.1. The van der Waals surface area contributed by atoms with Crippen molar-refractivity contribution >= 4 is 0 Å². The molecule has 0 spiro atoms. The minimum atomic E-state index is 0.387. The second-order valence-electron chi connectivity index (χ2n) is 3.87. The molecule has 0 fully saturated rings. The number of rotatable bonds is 3. The van der Waals surface area contributed by atoms with Gasteiger partial charge in [-0.15, -0.1) is 5.10 Å². The molecular formula is C13H14N2O. The van der Waals surface area contributed by atoms with Crippen LogP contribution in [-0.2, 0) is 0 Å². The fourth-order valence-electron chi connectivity index (χ4n) is 1.30. The molecule has 2 rings (SSSR count). The molecule has 0 aliphatic heterocycles. The van der Waals surface area contributed by atoms with E-state index >= 15 is 0 Å². The van der Waals surface area contributed by atoms with E-state index in [0.29, 0.717) is 11.8 Å². The monoisotopic (exact) mass is 214 g/mol. The summed E-state index contributed by atoms with van der Waals surface area (Å²) in [6, 6.07) is 13.3. The molecule has 0 atom stereocenters. The van der Waals surface area contributed by atoms with Crippen LogP contribution in [-0.4, -0.2) is 10.2 Å². The van der Waals surface area contributed by atoms with Gasteiger partial charge in [0.05, 0.1) is 5.69 Å². The Hall–Kier alpha value is -1.90. The molecule has 0 saturated heterocycles. The van der Waals surface area contributed by atoms with Gasteiger partial charge in [0.1, 0.15) is 5.75 Å². The molecule has 0 saturated carbocycles. The van der Waals surface area contributed by atoms with Crippen molar-refractivity contribution in [2.24, 2.45) is 0 Å². The molecule has 0 aliphatic carbocycles. The van der Waals surface area contributed by atoms with Gasteiger partial charge in [0.25, 0.3) is 0 Å². The molecule has 0 unspecified atom stereocenters. The van der Waals surface area contributed by atoms with Crippen LogP contribution in [0, 0.1) is 0 Å². The van der Waals surface area contributed by atoms with Gasteiger partial charge in [-0.3, -0.25) is 0 Å². The van der Waals surface area contributed by atoms with E-state index in [-0.39, 0.29) is 0 Å². The first-order valence-electron chi connectivity index (χ1n) is 5.32. The lowest BCUT2D eigenvalue weighted by Gasteiger charge is -2.05. The molecule has 1 aromatic carbocycles. The van der Waals surface area contributed by atoms with Crippen molar-refractivity contribution in [1.82, 2.24) is 10.2 Å². The van der Waals surface area contributed by atoms with Crippen molar-refractivity contribution < 1.29 is 4.74 Å². The largest absolute Gasteiger partial charge is 0.438 e. The van der Waals surface area contributed by atoms with Gasteiger partial charge in [-0.25, -0.2) is 0 Å². The number of nitrogens with zero attached hydrogens (tertiary/aromatic N) is 2. The molecule has 1 heterocycles. The topological polar surface area (TPSA) is 35.0 Å². The second kappa shape index (κ2) is 4.75. The smallest absolute Gasteiger partial charge is 0.238 e. The maximum Gasteiger partial charge on any atom is 0.238 e. The van der Waals surface area contributed by atoms with Gasteiger partial charge in [0, 0.05) is 6.07 Å². The van der Waals surface area contributed by atoms with Crippen molar-refractivity contribution in [3.63, 3.8) is 0 Å². The van der Waals surface area contributed by atoms with E-state index in [1.807, 2.05) is 42.5 Å². The van der Waals surface area contributed by atoms with E-state index in [4.69, 9.17) is 4.74 Å². The first-order chi connectivity index (χ1) is 7.75. The van der Waals surface area contributed by atoms with Crippen molar-refractivity contribution in [3.8, 4) is 11.6 Å². The third kappa shape index (κ3) is 2.57. The molecule has 0 radical (unpaired) electrons. The fourth-order valence-corrected chi connectivity index (χ4v) is 1.30. The van der Waals surface area contributed by atoms with Crippen LogP contribution in [0.4, 0.5) is 0 Å². The quantitative estimate of drug-likeness (QED) is 0.785. The zero-order valence-corrected chi connectivity index (χ0v) is 9.42. The molecule has 3 nitrogen and oxygen atoms in total. The Morgan fingerprint density at radius 2 is 1.69 bits per heavy atom. The number of para-hydroxylation sites is 1. The lowest BCUT2D eigenvalue weighted by molar-refractivity contribution is 0.453. The van der Waals surface area contributed by atoms with Gasteiger partial charge in [-0.05, 0) is 24.1 Å². The summed E-state index contributed by atoms with van der Waals surface area (Å²) in [5, 5.41) is 8.12. The third-order valence-electron chi connectivity index (χ3n) is 2.22. The first kappa shape index (κ1) is 10.6. The van der Waals surface area contributed by atoms with Gasteiger partial charge < -0.3 is 4.74 Å². The van der Waals surface area contributed by atoms with Gasteiger partial charge in [0.15, 0.2) is 0 Å². The van der Waals surface area contributed by atoms with Crippen LogP contribution >= 0.6 is 0 Å². The van der Waals surface area contributed by atoms with Crippen molar-refractivity contribution in [2.75, 3.05) is 0 Å². The number of benzene rings is 1. The number of ether oxygens (including phenoxy) is 1. The van der Waals surface area contributed by atoms with E-state index in [0.717, 1.165) is 11.4 Å². The van der Waals surface area contributed by atoms with E-state index in [1.54, 1.807) is 0 Å². The predicted octanol–water partition coefficient (Wildman–Crippen LogP) is 3.39. The maximum absolute atomic E-state index is 5.54. The van der Waals surface area contributed by atoms with Gasteiger partial charge >= 0.3 is 0 Å². The number of aromatic nitrogens is 2. The molecule has 1 aromatic heterocycles. The summed E-state index contributed by atoms with van der Waals surface area (Å²) in [7, 11) is 0. The van der Waals surface area contributed by atoms with Gasteiger partial charge in [-0.1, -0.05) is 32.0 Å². The highest BCUT2D eigenvalue weighted by atomic mass is 16.5. The van der Waals surface area contributed by atoms with E-state index in [1.165, 1.54) is 0 Å². The highest BCUT2D eigenvalue weighted by Crippen LogP contribution is 2.19. The minimum Gasteiger partial charge on any atom is -0.438 e. The Kier molecular flexibility index (Phi) is 3.15. The fraction of sp³-hybridized carbons (Fsp3) is 0.231. The zero-order valence-electron chi connectivity index (χ0n) is 9.42. The second-order valence-corrected chi connectivity index (χ2v) is 3.87. The molecule has 0 bridgehead atoms. The standard InChI is InChI=1S/C13H14N2O/c1-10(2)12-8-9-13(15-14-12)16-11-6-4-3-5-7-11/h3-10H,1-2H3. The third-order valence-corrected chi connectivity index (χ3v) is 2.22. The number of hydrogen-bond donors (Lipinski definition) is 0. The van der Waals surface area contributed by atoms with Crippen LogP contribution in [0.15, 0.2) is 42.5 Å². The van der Waals surface area contributed by atoms with Crippen LogP contribution in [0.1, 0.15) is 25.5 Å². The minimum absolute atomic E-state index is 0.387. The molecule has 82 valence electrons. The van der Waals surface area contributed by atoms with Crippen LogP contribution < -0.4 is 4.74 Å². The maximum atomic E-state index is 5.54. The Bertz CT molecular complexity index is 437. The van der Waals surface area contributed by atoms with Gasteiger partial charge in [-0.2, -0.15) is 5.10 Å². The Balaban J connectivity index is 2.11. The summed E-state index contributed by atoms with van der Waals surface area (Å²) in [5.74, 6) is 1.68. The molecule has 0 aliphatic rings. The average Bonchev–Trinajstić information content (AvgIpc) is 2.31. The van der Waals surface area contributed by atoms with E-state index in [9.17, 15) is 0 Å². The average molecular weight is 214 g/mol. The molecule has 0 amide bonds. The van der Waals surface area contributed by atoms with Crippen molar-refractivity contribution in [3.05, 3.63) is 48.2 Å². The highest BCUT2D eigenvalue weighted by Gasteiger charge is 2.03. The van der Waals surface area contributed by atoms with Crippen LogP contribution in [0.5, 0.6) is 11.6 Å². The van der Waals surface area contributed by atoms with E-state index in [2.05, 4.69) is 24.0 Å². The van der Waals surface area contributed by atoms with Crippen LogP contribution in [0.25, 0.3) is 0 Å². The predicted molar refractivity (Wildman–Crippen MR) is 62.6 cm³/mol. The van der Waals surface area contributed by atoms with Crippen LogP contribution in [0.2, 0.25) is 0 Å². The SMILES string of the molecule is CC(C)c1ccc(Oc2ccccc2)nn1. The molecular weight excluding hydrogens is 200 g/mol. The summed E-state index contributed by atoms with van der Waals surface area (Å²) in [5.41, 5.74) is 0.973. The zero-order chi connectivity index (χ0) is 11.4. The van der Waals surface area contributed by atoms with Crippen molar-refractivity contribution in [2.45, 2.75) is 19.8 Å². The molecule has 0 N–H and O–H groups in total.